The molecule has 1 aromatic carbocycles. The topological polar surface area (TPSA) is 58.4 Å². The highest BCUT2D eigenvalue weighted by molar-refractivity contribution is 5.79. The largest absolute Gasteiger partial charge is 0.423 e. The second-order valence-electron chi connectivity index (χ2n) is 7.70. The van der Waals surface area contributed by atoms with Crippen molar-refractivity contribution in [2.75, 3.05) is 18.0 Å². The number of nitrogens with zero attached hydrogens (tertiary/aromatic N) is 2. The van der Waals surface area contributed by atoms with E-state index in [4.69, 9.17) is 4.42 Å². The first kappa shape index (κ1) is 16.4. The van der Waals surface area contributed by atoms with Gasteiger partial charge >= 0.3 is 0 Å². The minimum atomic E-state index is 0.123. The van der Waals surface area contributed by atoms with Gasteiger partial charge < -0.3 is 14.6 Å². The zero-order chi connectivity index (χ0) is 17.2. The predicted molar refractivity (Wildman–Crippen MR) is 98.5 cm³/mol. The van der Waals surface area contributed by atoms with E-state index in [1.54, 1.807) is 0 Å². The predicted octanol–water partition coefficient (Wildman–Crippen LogP) is 3.74. The van der Waals surface area contributed by atoms with Crippen molar-refractivity contribution < 1.29 is 9.21 Å². The molecule has 0 bridgehead atoms. The number of para-hydroxylation sites is 2. The molecular weight excluding hydrogens is 314 g/mol. The van der Waals surface area contributed by atoms with Gasteiger partial charge in [0.25, 0.3) is 6.01 Å². The summed E-state index contributed by atoms with van der Waals surface area (Å²) in [6.45, 7) is 3.94. The van der Waals surface area contributed by atoms with E-state index in [1.165, 1.54) is 12.8 Å². The van der Waals surface area contributed by atoms with E-state index in [1.807, 2.05) is 24.3 Å². The summed E-state index contributed by atoms with van der Waals surface area (Å²) in [5, 5.41) is 3.30. The molecule has 2 unspecified atom stereocenters. The SMILES string of the molecule is CC1CCCC(NC(=O)C2CCN(c3nc4ccccc4o3)CC2)C1. The van der Waals surface area contributed by atoms with Crippen LogP contribution in [0.3, 0.4) is 0 Å². The number of carbonyl (C=O) groups excluding carboxylic acids is 1. The molecular formula is C20H27N3O2. The van der Waals surface area contributed by atoms with Gasteiger partial charge in [-0.2, -0.15) is 4.98 Å². The van der Waals surface area contributed by atoms with Crippen molar-refractivity contribution in [3.05, 3.63) is 24.3 Å². The Morgan fingerprint density at radius 3 is 2.76 bits per heavy atom. The van der Waals surface area contributed by atoms with E-state index < -0.39 is 0 Å². The van der Waals surface area contributed by atoms with Gasteiger partial charge in [-0.1, -0.05) is 31.9 Å². The number of benzene rings is 1. The van der Waals surface area contributed by atoms with E-state index in [9.17, 15) is 4.79 Å². The molecule has 1 saturated heterocycles. The third-order valence-corrected chi connectivity index (χ3v) is 5.70. The number of oxazole rings is 1. The van der Waals surface area contributed by atoms with Crippen LogP contribution >= 0.6 is 0 Å². The normalized spacial score (nSPS) is 25.2. The third-order valence-electron chi connectivity index (χ3n) is 5.70. The summed E-state index contributed by atoms with van der Waals surface area (Å²) in [5.74, 6) is 1.11. The van der Waals surface area contributed by atoms with Crippen molar-refractivity contribution in [3.63, 3.8) is 0 Å². The maximum Gasteiger partial charge on any atom is 0.298 e. The molecule has 2 atom stereocenters. The van der Waals surface area contributed by atoms with Crippen LogP contribution in [0.25, 0.3) is 11.1 Å². The number of amides is 1. The van der Waals surface area contributed by atoms with Crippen molar-refractivity contribution in [2.24, 2.45) is 11.8 Å². The summed E-state index contributed by atoms with van der Waals surface area (Å²) in [5.41, 5.74) is 1.72. The van der Waals surface area contributed by atoms with Crippen LogP contribution < -0.4 is 10.2 Å². The van der Waals surface area contributed by atoms with Gasteiger partial charge in [-0.05, 0) is 43.7 Å². The molecule has 5 nitrogen and oxygen atoms in total. The molecule has 2 aliphatic rings. The van der Waals surface area contributed by atoms with Crippen molar-refractivity contribution >= 4 is 23.0 Å². The Bertz CT molecular complexity index is 700. The van der Waals surface area contributed by atoms with Crippen molar-refractivity contribution in [3.8, 4) is 0 Å². The van der Waals surface area contributed by atoms with Crippen LogP contribution in [-0.4, -0.2) is 30.0 Å². The van der Waals surface area contributed by atoms with Gasteiger partial charge in [-0.25, -0.2) is 0 Å². The number of fused-ring (bicyclic) bond motifs is 1. The Balaban J connectivity index is 1.32. The first-order valence-corrected chi connectivity index (χ1v) is 9.60. The van der Waals surface area contributed by atoms with E-state index >= 15 is 0 Å². The van der Waals surface area contributed by atoms with E-state index in [2.05, 4.69) is 22.1 Å². The lowest BCUT2D eigenvalue weighted by atomic mass is 9.86. The van der Waals surface area contributed by atoms with E-state index in [0.29, 0.717) is 12.1 Å². The van der Waals surface area contributed by atoms with Gasteiger partial charge in [0, 0.05) is 25.0 Å². The maximum absolute atomic E-state index is 12.6. The minimum Gasteiger partial charge on any atom is -0.423 e. The minimum absolute atomic E-state index is 0.123. The van der Waals surface area contributed by atoms with Gasteiger partial charge in [0.1, 0.15) is 5.52 Å². The number of nitrogens with one attached hydrogen (secondary N) is 1. The maximum atomic E-state index is 12.6. The average molecular weight is 341 g/mol. The van der Waals surface area contributed by atoms with Crippen LogP contribution in [0.2, 0.25) is 0 Å². The number of carbonyl (C=O) groups is 1. The molecule has 0 spiro atoms. The Morgan fingerprint density at radius 1 is 1.20 bits per heavy atom. The van der Waals surface area contributed by atoms with Crippen LogP contribution in [0.5, 0.6) is 0 Å². The fourth-order valence-corrected chi connectivity index (χ4v) is 4.21. The number of anilines is 1. The molecule has 2 fully saturated rings. The number of rotatable bonds is 3. The zero-order valence-corrected chi connectivity index (χ0v) is 14.9. The molecule has 2 heterocycles. The molecule has 1 aliphatic heterocycles. The lowest BCUT2D eigenvalue weighted by Crippen LogP contribution is -2.45. The lowest BCUT2D eigenvalue weighted by Gasteiger charge is -2.33. The fourth-order valence-electron chi connectivity index (χ4n) is 4.21. The molecule has 1 aromatic heterocycles. The molecule has 0 radical (unpaired) electrons. The van der Waals surface area contributed by atoms with Crippen LogP contribution in [0, 0.1) is 11.8 Å². The highest BCUT2D eigenvalue weighted by atomic mass is 16.4. The molecule has 25 heavy (non-hydrogen) atoms. The van der Waals surface area contributed by atoms with Crippen molar-refractivity contribution in [2.45, 2.75) is 51.5 Å². The highest BCUT2D eigenvalue weighted by Gasteiger charge is 2.29. The molecule has 4 rings (SSSR count). The standard InChI is InChI=1S/C20H27N3O2/c1-14-5-4-6-16(13-14)21-19(24)15-9-11-23(12-10-15)20-22-17-7-2-3-8-18(17)25-20/h2-3,7-8,14-16H,4-6,9-13H2,1H3,(H,21,24). The zero-order valence-electron chi connectivity index (χ0n) is 14.9. The smallest absolute Gasteiger partial charge is 0.298 e. The highest BCUT2D eigenvalue weighted by Crippen LogP contribution is 2.27. The van der Waals surface area contributed by atoms with E-state index in [-0.39, 0.29) is 11.8 Å². The van der Waals surface area contributed by atoms with Crippen molar-refractivity contribution in [1.29, 1.82) is 0 Å². The summed E-state index contributed by atoms with van der Waals surface area (Å²) >= 11 is 0. The Morgan fingerprint density at radius 2 is 2.00 bits per heavy atom. The summed E-state index contributed by atoms with van der Waals surface area (Å²) in [4.78, 5) is 19.3. The second-order valence-corrected chi connectivity index (χ2v) is 7.70. The van der Waals surface area contributed by atoms with Gasteiger partial charge in [-0.3, -0.25) is 4.79 Å². The third kappa shape index (κ3) is 3.65. The van der Waals surface area contributed by atoms with Crippen LogP contribution in [0.15, 0.2) is 28.7 Å². The van der Waals surface area contributed by atoms with Crippen molar-refractivity contribution in [1.82, 2.24) is 10.3 Å². The lowest BCUT2D eigenvalue weighted by molar-refractivity contribution is -0.126. The number of hydrogen-bond acceptors (Lipinski definition) is 4. The molecule has 1 amide bonds. The molecule has 5 heteroatoms. The van der Waals surface area contributed by atoms with Gasteiger partial charge in [0.2, 0.25) is 5.91 Å². The number of piperidine rings is 1. The summed E-state index contributed by atoms with van der Waals surface area (Å²) in [6, 6.07) is 8.90. The van der Waals surface area contributed by atoms with Crippen LogP contribution in [-0.2, 0) is 4.79 Å². The van der Waals surface area contributed by atoms with Gasteiger partial charge in [0.15, 0.2) is 5.58 Å². The number of aromatic nitrogens is 1. The Labute approximate surface area is 148 Å². The number of hydrogen-bond donors (Lipinski definition) is 1. The quantitative estimate of drug-likeness (QED) is 0.924. The Hall–Kier alpha value is -2.04. The first-order valence-electron chi connectivity index (χ1n) is 9.60. The average Bonchev–Trinajstić information content (AvgIpc) is 3.06. The second kappa shape index (κ2) is 7.06. The summed E-state index contributed by atoms with van der Waals surface area (Å²) in [6.07, 6.45) is 6.54. The molecule has 1 aliphatic carbocycles. The monoisotopic (exact) mass is 341 g/mol. The first-order chi connectivity index (χ1) is 12.2. The fraction of sp³-hybridized carbons (Fsp3) is 0.600. The summed E-state index contributed by atoms with van der Waals surface area (Å²) in [7, 11) is 0. The van der Waals surface area contributed by atoms with E-state index in [0.717, 1.165) is 55.8 Å². The Kier molecular flexibility index (Phi) is 4.64. The van der Waals surface area contributed by atoms with Crippen LogP contribution in [0.4, 0.5) is 6.01 Å². The molecule has 134 valence electrons. The van der Waals surface area contributed by atoms with Gasteiger partial charge in [0.05, 0.1) is 0 Å². The van der Waals surface area contributed by atoms with Gasteiger partial charge in [-0.15, -0.1) is 0 Å². The molecule has 2 aromatic rings. The molecule has 1 saturated carbocycles. The van der Waals surface area contributed by atoms with Crippen LogP contribution in [0.1, 0.15) is 45.4 Å². The molecule has 1 N–H and O–H groups in total. The summed E-state index contributed by atoms with van der Waals surface area (Å²) < 4.78 is 5.85.